The molecule has 1 aromatic heterocycles. The minimum Gasteiger partial charge on any atom is -0.371 e. The van der Waals surface area contributed by atoms with E-state index in [2.05, 4.69) is 57.3 Å². The molecular weight excluding hydrogens is 608 g/mol. The smallest absolute Gasteiger partial charge is 0.330 e. The molecule has 1 N–H and O–H groups in total. The fraction of sp³-hybridized carbons (Fsp3) is 0.200. The van der Waals surface area contributed by atoms with Crippen LogP contribution in [-0.2, 0) is 26.4 Å². The lowest BCUT2D eigenvalue weighted by Crippen LogP contribution is -2.38. The van der Waals surface area contributed by atoms with Gasteiger partial charge in [-0.25, -0.2) is 4.79 Å². The first-order valence-electron chi connectivity index (χ1n) is 14.2. The molecule has 0 saturated carbocycles. The first-order chi connectivity index (χ1) is 21.0. The highest BCUT2D eigenvalue weighted by Gasteiger charge is 2.43. The van der Waals surface area contributed by atoms with Crippen molar-refractivity contribution in [2.75, 3.05) is 6.61 Å². The van der Waals surface area contributed by atoms with E-state index >= 15 is 0 Å². The zero-order valence-electron chi connectivity index (χ0n) is 23.3. The normalized spacial score (nSPS) is 18.5. The van der Waals surface area contributed by atoms with Crippen molar-refractivity contribution in [2.45, 2.75) is 37.1 Å². The van der Waals surface area contributed by atoms with Crippen molar-refractivity contribution >= 4 is 15.9 Å². The van der Waals surface area contributed by atoms with Crippen LogP contribution >= 0.6 is 15.9 Å². The third-order valence-electron chi connectivity index (χ3n) is 7.73. The van der Waals surface area contributed by atoms with Crippen molar-refractivity contribution in [3.8, 4) is 0 Å². The molecule has 3 atom stereocenters. The van der Waals surface area contributed by atoms with Crippen molar-refractivity contribution in [2.24, 2.45) is 0 Å². The standard InChI is InChI=1S/C35H31BrN2O5/c36-29-22-38(34(40)37-33(29)39)32-21-30(41-23-25-13-5-1-6-14-25)31(43-32)24-42-35(26-15-7-2-8-16-26,27-17-9-3-10-18-27)28-19-11-4-12-20-28/h1-20,22,30-32H,21,23-24H2,(H,37,39,40)/t30?,31-,32-/m0/s1. The molecule has 4 aromatic carbocycles. The number of hydrogen-bond donors (Lipinski definition) is 1. The van der Waals surface area contributed by atoms with E-state index in [1.54, 1.807) is 0 Å². The molecule has 2 heterocycles. The maximum Gasteiger partial charge on any atom is 0.330 e. The fourth-order valence-electron chi connectivity index (χ4n) is 5.62. The number of nitrogens with zero attached hydrogens (tertiary/aromatic N) is 1. The van der Waals surface area contributed by atoms with Crippen molar-refractivity contribution in [1.82, 2.24) is 9.55 Å². The van der Waals surface area contributed by atoms with Gasteiger partial charge >= 0.3 is 5.69 Å². The highest BCUT2D eigenvalue weighted by atomic mass is 79.9. The van der Waals surface area contributed by atoms with Gasteiger partial charge < -0.3 is 14.2 Å². The molecule has 7 nitrogen and oxygen atoms in total. The van der Waals surface area contributed by atoms with Gasteiger partial charge in [0.15, 0.2) is 0 Å². The largest absolute Gasteiger partial charge is 0.371 e. The molecule has 8 heteroatoms. The fourth-order valence-corrected chi connectivity index (χ4v) is 5.94. The lowest BCUT2D eigenvalue weighted by atomic mass is 9.80. The summed E-state index contributed by atoms with van der Waals surface area (Å²) < 4.78 is 21.6. The monoisotopic (exact) mass is 638 g/mol. The number of aromatic nitrogens is 2. The van der Waals surface area contributed by atoms with Crippen LogP contribution in [0.1, 0.15) is 34.9 Å². The van der Waals surface area contributed by atoms with Gasteiger partial charge in [-0.15, -0.1) is 0 Å². The summed E-state index contributed by atoms with van der Waals surface area (Å²) in [6, 6.07) is 40.3. The Bertz CT molecular complexity index is 1650. The summed E-state index contributed by atoms with van der Waals surface area (Å²) >= 11 is 3.24. The number of halogens is 1. The molecule has 1 unspecified atom stereocenters. The van der Waals surface area contributed by atoms with E-state index in [4.69, 9.17) is 14.2 Å². The van der Waals surface area contributed by atoms with Gasteiger partial charge in [-0.05, 0) is 38.2 Å². The SMILES string of the molecule is O=c1[nH]c(=O)n([C@@H]2CC(OCc3ccccc3)[C@H](COC(c3ccccc3)(c3ccccc3)c3ccccc3)O2)cc1Br. The van der Waals surface area contributed by atoms with Crippen LogP contribution < -0.4 is 11.2 Å². The molecule has 1 saturated heterocycles. The van der Waals surface area contributed by atoms with Gasteiger partial charge in [0.2, 0.25) is 0 Å². The predicted molar refractivity (Wildman–Crippen MR) is 168 cm³/mol. The van der Waals surface area contributed by atoms with Gasteiger partial charge in [0, 0.05) is 12.6 Å². The minimum absolute atomic E-state index is 0.175. The number of aromatic amines is 1. The molecule has 0 amide bonds. The molecule has 0 spiro atoms. The number of rotatable bonds is 10. The van der Waals surface area contributed by atoms with Crippen molar-refractivity contribution in [3.05, 3.63) is 175 Å². The third-order valence-corrected chi connectivity index (χ3v) is 8.29. The van der Waals surface area contributed by atoms with Crippen LogP contribution in [0.5, 0.6) is 0 Å². The Labute approximate surface area is 257 Å². The van der Waals surface area contributed by atoms with Crippen molar-refractivity contribution < 1.29 is 14.2 Å². The van der Waals surface area contributed by atoms with Gasteiger partial charge in [0.05, 0.1) is 23.8 Å². The summed E-state index contributed by atoms with van der Waals surface area (Å²) in [6.45, 7) is 0.553. The molecule has 6 rings (SSSR count). The van der Waals surface area contributed by atoms with Crippen LogP contribution in [0.25, 0.3) is 0 Å². The van der Waals surface area contributed by atoms with E-state index in [1.165, 1.54) is 10.8 Å². The summed E-state index contributed by atoms with van der Waals surface area (Å²) in [5, 5.41) is 0. The highest BCUT2D eigenvalue weighted by molar-refractivity contribution is 9.10. The minimum atomic E-state index is -0.937. The average molecular weight is 640 g/mol. The van der Waals surface area contributed by atoms with Gasteiger partial charge in [0.25, 0.3) is 5.56 Å². The Morgan fingerprint density at radius 1 is 0.791 bits per heavy atom. The Kier molecular flexibility index (Phi) is 8.81. The second kappa shape index (κ2) is 13.1. The topological polar surface area (TPSA) is 82.6 Å². The molecule has 43 heavy (non-hydrogen) atoms. The van der Waals surface area contributed by atoms with E-state index in [-0.39, 0.29) is 17.2 Å². The number of hydrogen-bond acceptors (Lipinski definition) is 5. The molecule has 0 bridgehead atoms. The van der Waals surface area contributed by atoms with E-state index in [0.29, 0.717) is 13.0 Å². The lowest BCUT2D eigenvalue weighted by molar-refractivity contribution is -0.106. The Morgan fingerprint density at radius 3 is 1.84 bits per heavy atom. The quantitative estimate of drug-likeness (QED) is 0.185. The van der Waals surface area contributed by atoms with Crippen molar-refractivity contribution in [3.63, 3.8) is 0 Å². The number of ether oxygens (including phenoxy) is 3. The number of benzene rings is 4. The first kappa shape index (κ1) is 29.0. The molecule has 1 fully saturated rings. The third kappa shape index (κ3) is 6.19. The second-order valence-electron chi connectivity index (χ2n) is 10.4. The maximum absolute atomic E-state index is 12.8. The van der Waals surface area contributed by atoms with E-state index in [0.717, 1.165) is 22.3 Å². The van der Waals surface area contributed by atoms with Gasteiger partial charge in [-0.2, -0.15) is 0 Å². The van der Waals surface area contributed by atoms with E-state index in [1.807, 2.05) is 84.9 Å². The molecule has 0 radical (unpaired) electrons. The summed E-state index contributed by atoms with van der Waals surface area (Å²) in [7, 11) is 0. The number of nitrogens with one attached hydrogen (secondary N) is 1. The highest BCUT2D eigenvalue weighted by Crippen LogP contribution is 2.42. The van der Waals surface area contributed by atoms with Gasteiger partial charge in [-0.1, -0.05) is 121 Å². The summed E-state index contributed by atoms with van der Waals surface area (Å²) in [6.07, 6.45) is 0.305. The maximum atomic E-state index is 12.8. The van der Waals surface area contributed by atoms with Crippen LogP contribution in [0.15, 0.2) is 142 Å². The molecular formula is C35H31BrN2O5. The summed E-state index contributed by atoms with van der Waals surface area (Å²) in [5.41, 5.74) is 1.98. The Hall–Kier alpha value is -4.08. The van der Waals surface area contributed by atoms with Crippen LogP contribution in [0, 0.1) is 0 Å². The van der Waals surface area contributed by atoms with Crippen LogP contribution in [0.4, 0.5) is 0 Å². The Balaban J connectivity index is 1.37. The van der Waals surface area contributed by atoms with Gasteiger partial charge in [-0.3, -0.25) is 14.3 Å². The zero-order valence-corrected chi connectivity index (χ0v) is 24.9. The Morgan fingerprint density at radius 2 is 1.30 bits per heavy atom. The summed E-state index contributed by atoms with van der Waals surface area (Å²) in [4.78, 5) is 27.1. The van der Waals surface area contributed by atoms with Crippen LogP contribution in [0.3, 0.4) is 0 Å². The van der Waals surface area contributed by atoms with E-state index < -0.39 is 29.2 Å². The molecule has 1 aliphatic rings. The van der Waals surface area contributed by atoms with Crippen molar-refractivity contribution in [1.29, 1.82) is 0 Å². The average Bonchev–Trinajstić information content (AvgIpc) is 3.47. The summed E-state index contributed by atoms with van der Waals surface area (Å²) in [5.74, 6) is 0. The van der Waals surface area contributed by atoms with E-state index in [9.17, 15) is 9.59 Å². The number of H-pyrrole nitrogens is 1. The first-order valence-corrected chi connectivity index (χ1v) is 15.0. The molecule has 218 valence electrons. The molecule has 0 aliphatic carbocycles. The van der Waals surface area contributed by atoms with Crippen LogP contribution in [-0.4, -0.2) is 28.4 Å². The predicted octanol–water partition coefficient (Wildman–Crippen LogP) is 6.18. The zero-order chi connectivity index (χ0) is 29.6. The van der Waals surface area contributed by atoms with Crippen LogP contribution in [0.2, 0.25) is 0 Å². The van der Waals surface area contributed by atoms with Gasteiger partial charge in [0.1, 0.15) is 17.9 Å². The lowest BCUT2D eigenvalue weighted by Gasteiger charge is -2.37. The molecule has 5 aromatic rings. The molecule has 1 aliphatic heterocycles. The second-order valence-corrected chi connectivity index (χ2v) is 11.3.